The summed E-state index contributed by atoms with van der Waals surface area (Å²) in [4.78, 5) is 4.53. The molecule has 0 saturated carbocycles. The van der Waals surface area contributed by atoms with Gasteiger partial charge in [0.2, 0.25) is 0 Å². The van der Waals surface area contributed by atoms with Crippen LogP contribution in [-0.4, -0.2) is 30.4 Å². The fourth-order valence-electron chi connectivity index (χ4n) is 3.08. The first kappa shape index (κ1) is 20.9. The molecule has 0 fully saturated rings. The number of hydrogen-bond acceptors (Lipinski definition) is 6. The number of pyridine rings is 1. The number of halogens is 1. The standard InChI is InChI=1S/C22H23ClN4O2/c1-29-21-6-4-16(10-19(21)23)12-27-22-17(13-25-7-2-8-28)14-26-20-5-3-15(11-24)9-18(20)22/h3-6,9-10,14,25,28H,2,7-8,12-13H2,1H3,(H,26,27). The van der Waals surface area contributed by atoms with Crippen LogP contribution in [0.25, 0.3) is 10.9 Å². The zero-order valence-corrected chi connectivity index (χ0v) is 17.0. The summed E-state index contributed by atoms with van der Waals surface area (Å²) in [6, 6.07) is 13.3. The zero-order chi connectivity index (χ0) is 20.6. The summed E-state index contributed by atoms with van der Waals surface area (Å²) in [5.74, 6) is 0.636. The third kappa shape index (κ3) is 5.15. The smallest absolute Gasteiger partial charge is 0.137 e. The third-order valence-electron chi connectivity index (χ3n) is 4.59. The molecular weight excluding hydrogens is 388 g/mol. The number of aliphatic hydroxyl groups is 1. The monoisotopic (exact) mass is 410 g/mol. The molecule has 3 aromatic rings. The highest BCUT2D eigenvalue weighted by Gasteiger charge is 2.11. The Labute approximate surface area is 175 Å². The van der Waals surface area contributed by atoms with E-state index in [-0.39, 0.29) is 6.61 Å². The van der Waals surface area contributed by atoms with Crippen LogP contribution >= 0.6 is 11.6 Å². The minimum absolute atomic E-state index is 0.151. The summed E-state index contributed by atoms with van der Waals surface area (Å²) >= 11 is 6.25. The Kier molecular flexibility index (Phi) is 7.25. The molecule has 0 spiro atoms. The van der Waals surface area contributed by atoms with E-state index in [2.05, 4.69) is 21.7 Å². The first-order valence-electron chi connectivity index (χ1n) is 9.36. The number of nitriles is 1. The van der Waals surface area contributed by atoms with E-state index in [4.69, 9.17) is 21.4 Å². The predicted molar refractivity (Wildman–Crippen MR) is 115 cm³/mol. The summed E-state index contributed by atoms with van der Waals surface area (Å²) in [6.45, 7) is 2.02. The number of benzene rings is 2. The summed E-state index contributed by atoms with van der Waals surface area (Å²) in [5.41, 5.74) is 4.33. The van der Waals surface area contributed by atoms with Gasteiger partial charge in [0.05, 0.1) is 29.3 Å². The van der Waals surface area contributed by atoms with Gasteiger partial charge in [-0.1, -0.05) is 17.7 Å². The molecule has 1 heterocycles. The first-order chi connectivity index (χ1) is 14.2. The van der Waals surface area contributed by atoms with E-state index in [0.717, 1.165) is 27.7 Å². The van der Waals surface area contributed by atoms with Gasteiger partial charge in [0, 0.05) is 42.5 Å². The van der Waals surface area contributed by atoms with Gasteiger partial charge < -0.3 is 20.5 Å². The Morgan fingerprint density at radius 3 is 2.79 bits per heavy atom. The van der Waals surface area contributed by atoms with Crippen molar-refractivity contribution in [2.75, 3.05) is 25.6 Å². The molecule has 150 valence electrons. The van der Waals surface area contributed by atoms with Crippen molar-refractivity contribution in [2.45, 2.75) is 19.5 Å². The maximum atomic E-state index is 9.29. The van der Waals surface area contributed by atoms with Crippen molar-refractivity contribution in [3.63, 3.8) is 0 Å². The number of anilines is 1. The molecule has 3 N–H and O–H groups in total. The fraction of sp³-hybridized carbons (Fsp3) is 0.273. The largest absolute Gasteiger partial charge is 0.495 e. The Hall–Kier alpha value is -2.85. The van der Waals surface area contributed by atoms with Gasteiger partial charge in [0.15, 0.2) is 0 Å². The second-order valence-corrected chi connectivity index (χ2v) is 6.99. The van der Waals surface area contributed by atoms with Crippen LogP contribution < -0.4 is 15.4 Å². The molecule has 3 rings (SSSR count). The molecule has 1 aromatic heterocycles. The van der Waals surface area contributed by atoms with Crippen LogP contribution in [-0.2, 0) is 13.1 Å². The van der Waals surface area contributed by atoms with Crippen molar-refractivity contribution in [1.29, 1.82) is 5.26 Å². The molecule has 2 aromatic carbocycles. The Morgan fingerprint density at radius 2 is 2.07 bits per heavy atom. The fourth-order valence-corrected chi connectivity index (χ4v) is 3.36. The molecule has 29 heavy (non-hydrogen) atoms. The van der Waals surface area contributed by atoms with E-state index < -0.39 is 0 Å². The summed E-state index contributed by atoms with van der Waals surface area (Å²) in [5, 5.41) is 26.5. The molecule has 0 aliphatic carbocycles. The zero-order valence-electron chi connectivity index (χ0n) is 16.2. The number of aliphatic hydroxyl groups excluding tert-OH is 1. The highest BCUT2D eigenvalue weighted by atomic mass is 35.5. The number of hydrogen-bond donors (Lipinski definition) is 3. The third-order valence-corrected chi connectivity index (χ3v) is 4.88. The molecular formula is C22H23ClN4O2. The van der Waals surface area contributed by atoms with Crippen LogP contribution in [0.1, 0.15) is 23.1 Å². The highest BCUT2D eigenvalue weighted by Crippen LogP contribution is 2.29. The minimum atomic E-state index is 0.151. The van der Waals surface area contributed by atoms with Gasteiger partial charge in [-0.15, -0.1) is 0 Å². The molecule has 0 atom stereocenters. The number of methoxy groups -OCH3 is 1. The number of nitrogens with zero attached hydrogens (tertiary/aromatic N) is 2. The number of fused-ring (bicyclic) bond motifs is 1. The van der Waals surface area contributed by atoms with E-state index >= 15 is 0 Å². The molecule has 0 radical (unpaired) electrons. The first-order valence-corrected chi connectivity index (χ1v) is 9.73. The van der Waals surface area contributed by atoms with Gasteiger partial charge >= 0.3 is 0 Å². The van der Waals surface area contributed by atoms with Crippen LogP contribution in [0.15, 0.2) is 42.6 Å². The normalized spacial score (nSPS) is 10.7. The lowest BCUT2D eigenvalue weighted by Gasteiger charge is -2.16. The number of ether oxygens (including phenoxy) is 1. The second kappa shape index (κ2) is 10.1. The molecule has 0 amide bonds. The Bertz CT molecular complexity index is 1030. The van der Waals surface area contributed by atoms with Gasteiger partial charge in [-0.3, -0.25) is 4.98 Å². The number of aromatic nitrogens is 1. The van der Waals surface area contributed by atoms with Gasteiger partial charge in [-0.05, 0) is 48.9 Å². The van der Waals surface area contributed by atoms with Crippen molar-refractivity contribution < 1.29 is 9.84 Å². The van der Waals surface area contributed by atoms with E-state index in [1.54, 1.807) is 13.2 Å². The minimum Gasteiger partial charge on any atom is -0.495 e. The lowest BCUT2D eigenvalue weighted by molar-refractivity contribution is 0.286. The van der Waals surface area contributed by atoms with E-state index in [1.165, 1.54) is 0 Å². The van der Waals surface area contributed by atoms with E-state index in [0.29, 0.717) is 42.4 Å². The SMILES string of the molecule is COc1ccc(CNc2c(CNCCCO)cnc3ccc(C#N)cc23)cc1Cl. The number of nitrogens with one attached hydrogen (secondary N) is 2. The topological polar surface area (TPSA) is 90.2 Å². The van der Waals surface area contributed by atoms with E-state index in [1.807, 2.05) is 36.5 Å². The molecule has 0 saturated heterocycles. The average molecular weight is 411 g/mol. The van der Waals surface area contributed by atoms with Crippen molar-refractivity contribution in [2.24, 2.45) is 0 Å². The van der Waals surface area contributed by atoms with Gasteiger partial charge in [-0.25, -0.2) is 0 Å². The van der Waals surface area contributed by atoms with Crippen molar-refractivity contribution >= 4 is 28.2 Å². The summed E-state index contributed by atoms with van der Waals surface area (Å²) in [6.07, 6.45) is 2.52. The van der Waals surface area contributed by atoms with E-state index in [9.17, 15) is 5.26 Å². The predicted octanol–water partition coefficient (Wildman–Crippen LogP) is 3.85. The van der Waals surface area contributed by atoms with Crippen LogP contribution in [0.2, 0.25) is 5.02 Å². The second-order valence-electron chi connectivity index (χ2n) is 6.58. The van der Waals surface area contributed by atoms with Gasteiger partial charge in [0.1, 0.15) is 5.75 Å². The maximum Gasteiger partial charge on any atom is 0.137 e. The van der Waals surface area contributed by atoms with Gasteiger partial charge in [-0.2, -0.15) is 5.26 Å². The lowest BCUT2D eigenvalue weighted by atomic mass is 10.1. The summed E-state index contributed by atoms with van der Waals surface area (Å²) < 4.78 is 5.21. The molecule has 0 unspecified atom stereocenters. The molecule has 0 aliphatic rings. The molecule has 7 heteroatoms. The maximum absolute atomic E-state index is 9.29. The Morgan fingerprint density at radius 1 is 1.21 bits per heavy atom. The Balaban J connectivity index is 1.91. The number of rotatable bonds is 9. The van der Waals surface area contributed by atoms with Crippen LogP contribution in [0, 0.1) is 11.3 Å². The molecule has 6 nitrogen and oxygen atoms in total. The van der Waals surface area contributed by atoms with Gasteiger partial charge in [0.25, 0.3) is 0 Å². The molecule has 0 aliphatic heterocycles. The summed E-state index contributed by atoms with van der Waals surface area (Å²) in [7, 11) is 1.59. The van der Waals surface area contributed by atoms with Crippen LogP contribution in [0.3, 0.4) is 0 Å². The van der Waals surface area contributed by atoms with Crippen LogP contribution in [0.4, 0.5) is 5.69 Å². The highest BCUT2D eigenvalue weighted by molar-refractivity contribution is 6.32. The van der Waals surface area contributed by atoms with Crippen molar-refractivity contribution in [1.82, 2.24) is 10.3 Å². The van der Waals surface area contributed by atoms with Crippen LogP contribution in [0.5, 0.6) is 5.75 Å². The van der Waals surface area contributed by atoms with Crippen molar-refractivity contribution in [3.8, 4) is 11.8 Å². The molecule has 0 bridgehead atoms. The van der Waals surface area contributed by atoms with Crippen molar-refractivity contribution in [3.05, 3.63) is 64.3 Å². The average Bonchev–Trinajstić information content (AvgIpc) is 2.75. The quantitative estimate of drug-likeness (QED) is 0.464. The lowest BCUT2D eigenvalue weighted by Crippen LogP contribution is -2.17.